The van der Waals surface area contributed by atoms with Crippen LogP contribution < -0.4 is 5.32 Å². The first-order valence-electron chi connectivity index (χ1n) is 6.76. The molecule has 0 radical (unpaired) electrons. The van der Waals surface area contributed by atoms with Crippen molar-refractivity contribution in [2.75, 3.05) is 11.9 Å². The summed E-state index contributed by atoms with van der Waals surface area (Å²) in [6.45, 7) is 7.08. The highest BCUT2D eigenvalue weighted by Gasteiger charge is 2.20. The van der Waals surface area contributed by atoms with Gasteiger partial charge in [-0.2, -0.15) is 5.10 Å². The van der Waals surface area contributed by atoms with Crippen LogP contribution in [-0.2, 0) is 13.5 Å². The lowest BCUT2D eigenvalue weighted by atomic mass is 9.88. The van der Waals surface area contributed by atoms with Crippen LogP contribution in [0, 0.1) is 5.41 Å². The van der Waals surface area contributed by atoms with Crippen LogP contribution in [0.1, 0.15) is 49.8 Å². The number of hydrogen-bond acceptors (Lipinski definition) is 2. The van der Waals surface area contributed by atoms with E-state index in [-0.39, 0.29) is 11.3 Å². The first-order chi connectivity index (χ1) is 8.89. The maximum Gasteiger partial charge on any atom is 0.269 e. The minimum atomic E-state index is -0.0402. The Balaban J connectivity index is 2.57. The Morgan fingerprint density at radius 2 is 2.21 bits per heavy atom. The maximum atomic E-state index is 12.1. The minimum absolute atomic E-state index is 0.0402. The molecule has 108 valence electrons. The van der Waals surface area contributed by atoms with Crippen LogP contribution in [0.5, 0.6) is 0 Å². The van der Waals surface area contributed by atoms with Crippen LogP contribution in [0.3, 0.4) is 0 Å². The molecule has 0 atom stereocenters. The van der Waals surface area contributed by atoms with E-state index in [9.17, 15) is 4.79 Å². The molecular weight excluding hydrogens is 306 g/mol. The Morgan fingerprint density at radius 1 is 1.53 bits per heavy atom. The molecule has 1 N–H and O–H groups in total. The molecule has 0 aliphatic heterocycles. The van der Waals surface area contributed by atoms with Crippen LogP contribution in [0.15, 0.2) is 6.07 Å². The van der Waals surface area contributed by atoms with E-state index in [1.807, 2.05) is 20.0 Å². The number of nitrogens with zero attached hydrogens (tertiary/aromatic N) is 2. The van der Waals surface area contributed by atoms with Gasteiger partial charge in [0.2, 0.25) is 0 Å². The van der Waals surface area contributed by atoms with Gasteiger partial charge in [-0.1, -0.05) is 36.7 Å². The predicted molar refractivity (Wildman–Crippen MR) is 81.7 cm³/mol. The molecule has 0 aliphatic rings. The molecule has 0 bridgehead atoms. The van der Waals surface area contributed by atoms with Crippen molar-refractivity contribution >= 4 is 21.8 Å². The summed E-state index contributed by atoms with van der Waals surface area (Å²) in [7, 11) is 1.81. The number of halogens is 1. The van der Waals surface area contributed by atoms with Crippen molar-refractivity contribution < 1.29 is 4.79 Å². The van der Waals surface area contributed by atoms with E-state index < -0.39 is 0 Å². The van der Waals surface area contributed by atoms with Gasteiger partial charge in [-0.15, -0.1) is 0 Å². The number of aromatic nitrogens is 2. The maximum absolute atomic E-state index is 12.1. The van der Waals surface area contributed by atoms with Crippen molar-refractivity contribution in [2.45, 2.75) is 40.0 Å². The Kier molecular flexibility index (Phi) is 6.04. The molecule has 0 unspecified atom stereocenters. The largest absolute Gasteiger partial charge is 0.350 e. The Morgan fingerprint density at radius 3 is 2.74 bits per heavy atom. The number of nitrogens with one attached hydrogen (secondary N) is 1. The summed E-state index contributed by atoms with van der Waals surface area (Å²) in [5.41, 5.74) is 1.70. The molecule has 0 saturated carbocycles. The SMILES string of the molecule is CCc1cc(C(=O)NCC(C)(C)CCCBr)n(C)n1. The molecule has 4 nitrogen and oxygen atoms in total. The molecule has 1 aromatic rings. The predicted octanol–water partition coefficient (Wildman–Crippen LogP) is 2.91. The topological polar surface area (TPSA) is 46.9 Å². The van der Waals surface area contributed by atoms with Crippen molar-refractivity contribution in [1.82, 2.24) is 15.1 Å². The zero-order chi connectivity index (χ0) is 14.5. The van der Waals surface area contributed by atoms with E-state index in [2.05, 4.69) is 40.2 Å². The van der Waals surface area contributed by atoms with Crippen molar-refractivity contribution in [1.29, 1.82) is 0 Å². The average Bonchev–Trinajstić information content (AvgIpc) is 2.75. The van der Waals surface area contributed by atoms with Crippen LogP contribution in [0.4, 0.5) is 0 Å². The lowest BCUT2D eigenvalue weighted by molar-refractivity contribution is 0.0925. The summed E-state index contributed by atoms with van der Waals surface area (Å²) in [4.78, 5) is 12.1. The fourth-order valence-corrected chi connectivity index (χ4v) is 2.24. The lowest BCUT2D eigenvalue weighted by Gasteiger charge is -2.24. The molecule has 5 heteroatoms. The molecule has 0 fully saturated rings. The number of rotatable bonds is 7. The van der Waals surface area contributed by atoms with E-state index in [0.717, 1.165) is 30.3 Å². The smallest absolute Gasteiger partial charge is 0.269 e. The normalized spacial score (nSPS) is 11.6. The molecule has 0 saturated heterocycles. The number of alkyl halides is 1. The highest BCUT2D eigenvalue weighted by Crippen LogP contribution is 2.21. The van der Waals surface area contributed by atoms with Crippen molar-refractivity contribution in [2.24, 2.45) is 12.5 Å². The molecular formula is C14H24BrN3O. The number of aryl methyl sites for hydroxylation is 2. The molecule has 19 heavy (non-hydrogen) atoms. The van der Waals surface area contributed by atoms with Gasteiger partial charge in [0.15, 0.2) is 0 Å². The zero-order valence-corrected chi connectivity index (χ0v) is 13.9. The van der Waals surface area contributed by atoms with E-state index in [0.29, 0.717) is 12.2 Å². The van der Waals surface area contributed by atoms with E-state index >= 15 is 0 Å². The van der Waals surface area contributed by atoms with Gasteiger partial charge in [0.05, 0.1) is 5.69 Å². The molecule has 0 aromatic carbocycles. The fraction of sp³-hybridized carbons (Fsp3) is 0.714. The van der Waals surface area contributed by atoms with Crippen molar-refractivity contribution in [3.05, 3.63) is 17.5 Å². The van der Waals surface area contributed by atoms with Crippen molar-refractivity contribution in [3.63, 3.8) is 0 Å². The molecule has 0 spiro atoms. The minimum Gasteiger partial charge on any atom is -0.350 e. The third kappa shape index (κ3) is 4.97. The third-order valence-corrected chi connectivity index (χ3v) is 3.80. The van der Waals surface area contributed by atoms with Crippen LogP contribution in [-0.4, -0.2) is 27.6 Å². The van der Waals surface area contributed by atoms with Crippen LogP contribution >= 0.6 is 15.9 Å². The second kappa shape index (κ2) is 7.08. The van der Waals surface area contributed by atoms with Gasteiger partial charge in [0.1, 0.15) is 5.69 Å². The van der Waals surface area contributed by atoms with Crippen molar-refractivity contribution in [3.8, 4) is 0 Å². The molecule has 1 heterocycles. The van der Waals surface area contributed by atoms with Gasteiger partial charge in [0, 0.05) is 18.9 Å². The molecule has 0 aliphatic carbocycles. The van der Waals surface area contributed by atoms with E-state index in [4.69, 9.17) is 0 Å². The summed E-state index contributed by atoms with van der Waals surface area (Å²) in [6.07, 6.45) is 3.05. The van der Waals surface area contributed by atoms with Crippen LogP contribution in [0.2, 0.25) is 0 Å². The molecule has 1 rings (SSSR count). The number of carbonyl (C=O) groups is 1. The zero-order valence-electron chi connectivity index (χ0n) is 12.3. The Labute approximate surface area is 124 Å². The monoisotopic (exact) mass is 329 g/mol. The molecule has 1 aromatic heterocycles. The van der Waals surface area contributed by atoms with Gasteiger partial charge >= 0.3 is 0 Å². The average molecular weight is 330 g/mol. The van der Waals surface area contributed by atoms with Crippen LogP contribution in [0.25, 0.3) is 0 Å². The summed E-state index contributed by atoms with van der Waals surface area (Å²) in [6, 6.07) is 1.86. The summed E-state index contributed by atoms with van der Waals surface area (Å²) >= 11 is 3.44. The quantitative estimate of drug-likeness (QED) is 0.782. The third-order valence-electron chi connectivity index (χ3n) is 3.24. The number of carbonyl (C=O) groups excluding carboxylic acids is 1. The lowest BCUT2D eigenvalue weighted by Crippen LogP contribution is -2.35. The second-order valence-corrected chi connectivity index (χ2v) is 6.43. The van der Waals surface area contributed by atoms with Gasteiger partial charge in [-0.25, -0.2) is 0 Å². The second-order valence-electron chi connectivity index (χ2n) is 5.64. The number of hydrogen-bond donors (Lipinski definition) is 1. The standard InChI is InChI=1S/C14H24BrN3O/c1-5-11-9-12(18(4)17-11)13(19)16-10-14(2,3)7-6-8-15/h9H,5-8,10H2,1-4H3,(H,16,19). The summed E-state index contributed by atoms with van der Waals surface area (Å²) in [5.74, 6) is -0.0402. The Bertz CT molecular complexity index is 426. The van der Waals surface area contributed by atoms with Gasteiger partial charge in [0.25, 0.3) is 5.91 Å². The van der Waals surface area contributed by atoms with Gasteiger partial charge in [-0.05, 0) is 30.7 Å². The summed E-state index contributed by atoms with van der Waals surface area (Å²) in [5, 5.41) is 8.31. The Hall–Kier alpha value is -0.840. The summed E-state index contributed by atoms with van der Waals surface area (Å²) < 4.78 is 1.65. The van der Waals surface area contributed by atoms with E-state index in [1.165, 1.54) is 0 Å². The highest BCUT2D eigenvalue weighted by atomic mass is 79.9. The van der Waals surface area contributed by atoms with Gasteiger partial charge < -0.3 is 5.32 Å². The fourth-order valence-electron chi connectivity index (χ4n) is 1.96. The van der Waals surface area contributed by atoms with E-state index in [1.54, 1.807) is 4.68 Å². The first-order valence-corrected chi connectivity index (χ1v) is 7.89. The first kappa shape index (κ1) is 16.2. The van der Waals surface area contributed by atoms with Gasteiger partial charge in [-0.3, -0.25) is 9.48 Å². The highest BCUT2D eigenvalue weighted by molar-refractivity contribution is 9.09. The number of amides is 1. The molecule has 1 amide bonds.